The molecular formula is C12H24O3. The second-order valence-corrected chi connectivity index (χ2v) is 4.64. The van der Waals surface area contributed by atoms with Crippen molar-refractivity contribution < 1.29 is 14.6 Å². The second kappa shape index (κ2) is 5.83. The summed E-state index contributed by atoms with van der Waals surface area (Å²) in [7, 11) is 1.70. The Bertz CT molecular complexity index is 184. The molecule has 0 aromatic rings. The van der Waals surface area contributed by atoms with E-state index in [1.54, 1.807) is 7.11 Å². The quantitative estimate of drug-likeness (QED) is 0.763. The Labute approximate surface area is 92.8 Å². The molecule has 0 bridgehead atoms. The molecule has 0 aromatic carbocycles. The van der Waals surface area contributed by atoms with Gasteiger partial charge < -0.3 is 14.6 Å². The zero-order chi connectivity index (χ0) is 11.3. The molecule has 1 aliphatic rings. The van der Waals surface area contributed by atoms with Crippen molar-refractivity contribution in [1.82, 2.24) is 0 Å². The number of ether oxygens (including phenoxy) is 2. The van der Waals surface area contributed by atoms with Crippen LogP contribution in [0.1, 0.15) is 39.5 Å². The average Bonchev–Trinajstić information content (AvgIpc) is 2.25. The van der Waals surface area contributed by atoms with Crippen molar-refractivity contribution in [1.29, 1.82) is 0 Å². The van der Waals surface area contributed by atoms with Gasteiger partial charge in [-0.05, 0) is 25.2 Å². The van der Waals surface area contributed by atoms with E-state index >= 15 is 0 Å². The molecule has 1 heterocycles. The fourth-order valence-electron chi connectivity index (χ4n) is 2.23. The highest BCUT2D eigenvalue weighted by Gasteiger charge is 2.38. The van der Waals surface area contributed by atoms with Crippen molar-refractivity contribution in [2.24, 2.45) is 5.92 Å². The highest BCUT2D eigenvalue weighted by molar-refractivity contribution is 4.89. The molecule has 0 amide bonds. The van der Waals surface area contributed by atoms with E-state index in [4.69, 9.17) is 9.47 Å². The van der Waals surface area contributed by atoms with E-state index in [0.29, 0.717) is 6.61 Å². The van der Waals surface area contributed by atoms with Gasteiger partial charge in [-0.25, -0.2) is 0 Å². The SMILES string of the molecule is CCC1CC(O)(C(C)CCOC)CCO1. The molecule has 0 aromatic heterocycles. The molecular weight excluding hydrogens is 192 g/mol. The predicted molar refractivity (Wildman–Crippen MR) is 59.9 cm³/mol. The van der Waals surface area contributed by atoms with E-state index in [-0.39, 0.29) is 12.0 Å². The summed E-state index contributed by atoms with van der Waals surface area (Å²) in [5, 5.41) is 10.5. The lowest BCUT2D eigenvalue weighted by Crippen LogP contribution is -2.45. The van der Waals surface area contributed by atoms with Gasteiger partial charge in [0.05, 0.1) is 11.7 Å². The molecule has 0 saturated carbocycles. The third kappa shape index (κ3) is 3.44. The van der Waals surface area contributed by atoms with E-state index in [0.717, 1.165) is 32.3 Å². The van der Waals surface area contributed by atoms with Crippen LogP contribution in [0.2, 0.25) is 0 Å². The van der Waals surface area contributed by atoms with E-state index in [9.17, 15) is 5.11 Å². The monoisotopic (exact) mass is 216 g/mol. The summed E-state index contributed by atoms with van der Waals surface area (Å²) in [6, 6.07) is 0. The van der Waals surface area contributed by atoms with Crippen LogP contribution in [-0.2, 0) is 9.47 Å². The minimum atomic E-state index is -0.544. The maximum Gasteiger partial charge on any atom is 0.0720 e. The van der Waals surface area contributed by atoms with Crippen LogP contribution in [0.15, 0.2) is 0 Å². The number of rotatable bonds is 5. The van der Waals surface area contributed by atoms with Crippen LogP contribution in [0.25, 0.3) is 0 Å². The maximum atomic E-state index is 10.5. The van der Waals surface area contributed by atoms with Crippen LogP contribution in [0.5, 0.6) is 0 Å². The van der Waals surface area contributed by atoms with E-state index < -0.39 is 5.60 Å². The van der Waals surface area contributed by atoms with Gasteiger partial charge in [0.2, 0.25) is 0 Å². The Morgan fingerprint density at radius 3 is 2.93 bits per heavy atom. The van der Waals surface area contributed by atoms with Gasteiger partial charge in [-0.2, -0.15) is 0 Å². The van der Waals surface area contributed by atoms with Gasteiger partial charge in [-0.1, -0.05) is 13.8 Å². The van der Waals surface area contributed by atoms with Gasteiger partial charge in [0.25, 0.3) is 0 Å². The van der Waals surface area contributed by atoms with Crippen LogP contribution in [0.3, 0.4) is 0 Å². The van der Waals surface area contributed by atoms with E-state index in [1.807, 2.05) is 0 Å². The first-order chi connectivity index (χ1) is 7.12. The van der Waals surface area contributed by atoms with Gasteiger partial charge in [0.15, 0.2) is 0 Å². The van der Waals surface area contributed by atoms with Gasteiger partial charge in [0, 0.05) is 26.7 Å². The molecule has 3 nitrogen and oxygen atoms in total. The molecule has 3 atom stereocenters. The highest BCUT2D eigenvalue weighted by Crippen LogP contribution is 2.34. The van der Waals surface area contributed by atoms with Gasteiger partial charge in [-0.15, -0.1) is 0 Å². The minimum absolute atomic E-state index is 0.230. The third-order valence-electron chi connectivity index (χ3n) is 3.60. The minimum Gasteiger partial charge on any atom is -0.389 e. The van der Waals surface area contributed by atoms with Crippen molar-refractivity contribution in [3.8, 4) is 0 Å². The lowest BCUT2D eigenvalue weighted by molar-refractivity contribution is -0.132. The molecule has 0 radical (unpaired) electrons. The summed E-state index contributed by atoms with van der Waals surface area (Å²) < 4.78 is 10.6. The van der Waals surface area contributed by atoms with Crippen LogP contribution >= 0.6 is 0 Å². The number of hydrogen-bond donors (Lipinski definition) is 1. The molecule has 1 rings (SSSR count). The molecule has 3 unspecified atom stereocenters. The number of methoxy groups -OCH3 is 1. The van der Waals surface area contributed by atoms with Crippen LogP contribution in [0.4, 0.5) is 0 Å². The first kappa shape index (κ1) is 12.9. The molecule has 0 spiro atoms. The largest absolute Gasteiger partial charge is 0.389 e. The molecule has 1 saturated heterocycles. The average molecular weight is 216 g/mol. The van der Waals surface area contributed by atoms with Gasteiger partial charge in [0.1, 0.15) is 0 Å². The summed E-state index contributed by atoms with van der Waals surface area (Å²) in [6.07, 6.45) is 3.67. The summed E-state index contributed by atoms with van der Waals surface area (Å²) in [5.74, 6) is 0.287. The van der Waals surface area contributed by atoms with Crippen molar-refractivity contribution in [3.63, 3.8) is 0 Å². The standard InChI is InChI=1S/C12H24O3/c1-4-11-9-12(13,6-8-15-11)10(2)5-7-14-3/h10-11,13H,4-9H2,1-3H3. The number of aliphatic hydroxyl groups is 1. The molecule has 1 aliphatic heterocycles. The molecule has 1 N–H and O–H groups in total. The molecule has 3 heteroatoms. The van der Waals surface area contributed by atoms with Crippen LogP contribution in [0, 0.1) is 5.92 Å². The predicted octanol–water partition coefficient (Wildman–Crippen LogP) is 1.98. The number of hydrogen-bond acceptors (Lipinski definition) is 3. The fourth-order valence-corrected chi connectivity index (χ4v) is 2.23. The first-order valence-corrected chi connectivity index (χ1v) is 5.95. The Morgan fingerprint density at radius 2 is 2.33 bits per heavy atom. The normalized spacial score (nSPS) is 34.0. The van der Waals surface area contributed by atoms with Crippen molar-refractivity contribution in [3.05, 3.63) is 0 Å². The second-order valence-electron chi connectivity index (χ2n) is 4.64. The highest BCUT2D eigenvalue weighted by atomic mass is 16.5. The Balaban J connectivity index is 2.48. The fraction of sp³-hybridized carbons (Fsp3) is 1.00. The Hall–Kier alpha value is -0.120. The van der Waals surface area contributed by atoms with Crippen molar-refractivity contribution in [2.45, 2.75) is 51.2 Å². The summed E-state index contributed by atoms with van der Waals surface area (Å²) >= 11 is 0. The smallest absolute Gasteiger partial charge is 0.0720 e. The maximum absolute atomic E-state index is 10.5. The van der Waals surface area contributed by atoms with E-state index in [1.165, 1.54) is 0 Å². The zero-order valence-electron chi connectivity index (χ0n) is 10.2. The lowest BCUT2D eigenvalue weighted by atomic mass is 9.78. The first-order valence-electron chi connectivity index (χ1n) is 5.95. The molecule has 90 valence electrons. The zero-order valence-corrected chi connectivity index (χ0v) is 10.2. The topological polar surface area (TPSA) is 38.7 Å². The van der Waals surface area contributed by atoms with Crippen LogP contribution < -0.4 is 0 Å². The van der Waals surface area contributed by atoms with Crippen molar-refractivity contribution in [2.75, 3.05) is 20.3 Å². The summed E-state index contributed by atoms with van der Waals surface area (Å²) in [4.78, 5) is 0. The molecule has 0 aliphatic carbocycles. The van der Waals surface area contributed by atoms with Crippen LogP contribution in [-0.4, -0.2) is 37.1 Å². The Kier molecular flexibility index (Phi) is 5.03. The van der Waals surface area contributed by atoms with E-state index in [2.05, 4.69) is 13.8 Å². The Morgan fingerprint density at radius 1 is 1.60 bits per heavy atom. The van der Waals surface area contributed by atoms with Gasteiger partial charge in [-0.3, -0.25) is 0 Å². The third-order valence-corrected chi connectivity index (χ3v) is 3.60. The molecule has 15 heavy (non-hydrogen) atoms. The lowest BCUT2D eigenvalue weighted by Gasteiger charge is -2.40. The summed E-state index contributed by atoms with van der Waals surface area (Å²) in [5.41, 5.74) is -0.544. The molecule has 1 fully saturated rings. The van der Waals surface area contributed by atoms with Gasteiger partial charge >= 0.3 is 0 Å². The summed E-state index contributed by atoms with van der Waals surface area (Å²) in [6.45, 7) is 5.63. The van der Waals surface area contributed by atoms with Crippen molar-refractivity contribution >= 4 is 0 Å².